The number of aromatic nitrogens is 1. The van der Waals surface area contributed by atoms with Gasteiger partial charge in [-0.3, -0.25) is 9.59 Å². The quantitative estimate of drug-likeness (QED) is 0.716. The van der Waals surface area contributed by atoms with E-state index in [1.807, 2.05) is 5.38 Å². The molecule has 2 aromatic rings. The van der Waals surface area contributed by atoms with E-state index in [0.717, 1.165) is 10.6 Å². The standard InChI is InChI=1S/C19H21ClN4O3S/c1-19(2,3)14-10-28-17(22-14)23-15(25)9-8-13-16(26)24(18(27)21-13)12-6-4-11(20)5-7-12/h4-7,10,13H,8-9H2,1-3H3,(H,21,27)(H,22,23,25). The second-order valence-electron chi connectivity index (χ2n) is 7.53. The van der Waals surface area contributed by atoms with Crippen LogP contribution >= 0.6 is 22.9 Å². The summed E-state index contributed by atoms with van der Waals surface area (Å²) < 4.78 is 0. The molecule has 28 heavy (non-hydrogen) atoms. The number of imide groups is 1. The van der Waals surface area contributed by atoms with Crippen molar-refractivity contribution in [1.82, 2.24) is 10.3 Å². The van der Waals surface area contributed by atoms with E-state index in [0.29, 0.717) is 15.8 Å². The Morgan fingerprint density at radius 2 is 1.96 bits per heavy atom. The number of urea groups is 1. The monoisotopic (exact) mass is 420 g/mol. The molecule has 1 aliphatic rings. The van der Waals surface area contributed by atoms with Gasteiger partial charge < -0.3 is 10.6 Å². The van der Waals surface area contributed by atoms with E-state index < -0.39 is 12.1 Å². The zero-order chi connectivity index (χ0) is 20.5. The molecule has 0 spiro atoms. The van der Waals surface area contributed by atoms with Crippen LogP contribution in [-0.2, 0) is 15.0 Å². The topological polar surface area (TPSA) is 91.4 Å². The molecular weight excluding hydrogens is 400 g/mol. The number of thiazole rings is 1. The predicted molar refractivity (Wildman–Crippen MR) is 110 cm³/mol. The number of anilines is 2. The predicted octanol–water partition coefficient (Wildman–Crippen LogP) is 3.94. The summed E-state index contributed by atoms with van der Waals surface area (Å²) in [4.78, 5) is 42.4. The molecule has 0 bridgehead atoms. The highest BCUT2D eigenvalue weighted by molar-refractivity contribution is 7.13. The molecule has 0 radical (unpaired) electrons. The second kappa shape index (κ2) is 7.89. The Labute approximate surface area is 172 Å². The highest BCUT2D eigenvalue weighted by Crippen LogP contribution is 2.27. The summed E-state index contributed by atoms with van der Waals surface area (Å²) in [6.07, 6.45) is 0.299. The van der Waals surface area contributed by atoms with Crippen LogP contribution < -0.4 is 15.5 Å². The lowest BCUT2D eigenvalue weighted by Gasteiger charge is -2.14. The van der Waals surface area contributed by atoms with Gasteiger partial charge >= 0.3 is 6.03 Å². The fourth-order valence-corrected chi connectivity index (χ4v) is 3.77. The lowest BCUT2D eigenvalue weighted by molar-refractivity contribution is -0.119. The van der Waals surface area contributed by atoms with E-state index in [9.17, 15) is 14.4 Å². The fourth-order valence-electron chi connectivity index (χ4n) is 2.69. The molecule has 148 valence electrons. The molecule has 1 unspecified atom stereocenters. The van der Waals surface area contributed by atoms with Crippen molar-refractivity contribution in [3.63, 3.8) is 0 Å². The van der Waals surface area contributed by atoms with Crippen LogP contribution in [0.25, 0.3) is 0 Å². The van der Waals surface area contributed by atoms with Crippen molar-refractivity contribution >= 4 is 51.6 Å². The number of carbonyl (C=O) groups is 3. The molecule has 2 N–H and O–H groups in total. The van der Waals surface area contributed by atoms with Crippen molar-refractivity contribution < 1.29 is 14.4 Å². The minimum Gasteiger partial charge on any atom is -0.325 e. The molecular formula is C19H21ClN4O3S. The van der Waals surface area contributed by atoms with Crippen LogP contribution in [0.5, 0.6) is 0 Å². The van der Waals surface area contributed by atoms with Crippen molar-refractivity contribution in [2.24, 2.45) is 0 Å². The number of benzene rings is 1. The summed E-state index contributed by atoms with van der Waals surface area (Å²) in [6.45, 7) is 6.15. The second-order valence-corrected chi connectivity index (χ2v) is 8.82. The summed E-state index contributed by atoms with van der Waals surface area (Å²) in [5, 5.41) is 8.33. The first-order valence-corrected chi connectivity index (χ1v) is 10.1. The highest BCUT2D eigenvalue weighted by atomic mass is 35.5. The van der Waals surface area contributed by atoms with Crippen LogP contribution in [0.15, 0.2) is 29.6 Å². The Balaban J connectivity index is 1.56. The van der Waals surface area contributed by atoms with E-state index in [1.54, 1.807) is 24.3 Å². The maximum absolute atomic E-state index is 12.6. The molecule has 9 heteroatoms. The van der Waals surface area contributed by atoms with Gasteiger partial charge in [0, 0.05) is 22.2 Å². The first kappa shape index (κ1) is 20.3. The number of amides is 4. The van der Waals surface area contributed by atoms with Crippen molar-refractivity contribution in [3.05, 3.63) is 40.4 Å². The summed E-state index contributed by atoms with van der Waals surface area (Å²) >= 11 is 7.21. The van der Waals surface area contributed by atoms with Crippen LogP contribution in [0.2, 0.25) is 5.02 Å². The number of hydrogen-bond donors (Lipinski definition) is 2. The van der Waals surface area contributed by atoms with E-state index in [1.165, 1.54) is 11.3 Å². The highest BCUT2D eigenvalue weighted by Gasteiger charge is 2.38. The van der Waals surface area contributed by atoms with Crippen LogP contribution in [-0.4, -0.2) is 28.9 Å². The molecule has 0 aliphatic carbocycles. The van der Waals surface area contributed by atoms with E-state index >= 15 is 0 Å². The Morgan fingerprint density at radius 1 is 1.29 bits per heavy atom. The molecule has 4 amide bonds. The van der Waals surface area contributed by atoms with Gasteiger partial charge in [-0.15, -0.1) is 11.3 Å². The van der Waals surface area contributed by atoms with Crippen LogP contribution in [0, 0.1) is 0 Å². The van der Waals surface area contributed by atoms with E-state index in [2.05, 4.69) is 36.4 Å². The lowest BCUT2D eigenvalue weighted by Crippen LogP contribution is -2.31. The molecule has 1 aliphatic heterocycles. The Hall–Kier alpha value is -2.45. The van der Waals surface area contributed by atoms with Crippen molar-refractivity contribution in [3.8, 4) is 0 Å². The third-order valence-electron chi connectivity index (χ3n) is 4.28. The van der Waals surface area contributed by atoms with Crippen LogP contribution in [0.4, 0.5) is 15.6 Å². The van der Waals surface area contributed by atoms with Crippen molar-refractivity contribution in [1.29, 1.82) is 0 Å². The number of rotatable bonds is 5. The van der Waals surface area contributed by atoms with E-state index in [4.69, 9.17) is 11.6 Å². The zero-order valence-electron chi connectivity index (χ0n) is 15.8. The van der Waals surface area contributed by atoms with Gasteiger partial charge in [-0.05, 0) is 30.7 Å². The molecule has 2 heterocycles. The van der Waals surface area contributed by atoms with E-state index in [-0.39, 0.29) is 30.1 Å². The Kier molecular flexibility index (Phi) is 5.71. The van der Waals surface area contributed by atoms with Gasteiger partial charge in [-0.2, -0.15) is 0 Å². The zero-order valence-corrected chi connectivity index (χ0v) is 17.4. The maximum atomic E-state index is 12.6. The Bertz CT molecular complexity index is 905. The SMILES string of the molecule is CC(C)(C)c1csc(NC(=O)CCC2NC(=O)N(c3ccc(Cl)cc3)C2=O)n1. The number of carbonyl (C=O) groups excluding carboxylic acids is 3. The number of halogens is 1. The van der Waals surface area contributed by atoms with Gasteiger partial charge in [0.1, 0.15) is 6.04 Å². The van der Waals surface area contributed by atoms with Crippen molar-refractivity contribution in [2.45, 2.75) is 45.1 Å². The largest absolute Gasteiger partial charge is 0.329 e. The maximum Gasteiger partial charge on any atom is 0.329 e. The molecule has 1 fully saturated rings. The number of hydrogen-bond acceptors (Lipinski definition) is 5. The number of nitrogens with zero attached hydrogens (tertiary/aromatic N) is 2. The molecule has 1 aromatic carbocycles. The Morgan fingerprint density at radius 3 is 2.57 bits per heavy atom. The third kappa shape index (κ3) is 4.51. The van der Waals surface area contributed by atoms with Crippen molar-refractivity contribution in [2.75, 3.05) is 10.2 Å². The average molecular weight is 421 g/mol. The summed E-state index contributed by atoms with van der Waals surface area (Å²) in [5.41, 5.74) is 1.26. The lowest BCUT2D eigenvalue weighted by atomic mass is 9.93. The number of nitrogens with one attached hydrogen (secondary N) is 2. The van der Waals surface area contributed by atoms with Gasteiger partial charge in [0.15, 0.2) is 5.13 Å². The minimum atomic E-state index is -0.740. The van der Waals surface area contributed by atoms with Crippen LogP contribution in [0.3, 0.4) is 0 Å². The summed E-state index contributed by atoms with van der Waals surface area (Å²) in [7, 11) is 0. The summed E-state index contributed by atoms with van der Waals surface area (Å²) in [5.74, 6) is -0.633. The van der Waals surface area contributed by atoms with Gasteiger partial charge in [0.2, 0.25) is 5.91 Å². The van der Waals surface area contributed by atoms with Gasteiger partial charge in [-0.25, -0.2) is 14.7 Å². The van der Waals surface area contributed by atoms with Gasteiger partial charge in [0.25, 0.3) is 5.91 Å². The first-order valence-electron chi connectivity index (χ1n) is 8.81. The summed E-state index contributed by atoms with van der Waals surface area (Å²) in [6, 6.07) is 5.17. The molecule has 0 saturated carbocycles. The third-order valence-corrected chi connectivity index (χ3v) is 5.29. The smallest absolute Gasteiger partial charge is 0.325 e. The molecule has 1 saturated heterocycles. The van der Waals surface area contributed by atoms with Gasteiger partial charge in [-0.1, -0.05) is 32.4 Å². The minimum absolute atomic E-state index is 0.0921. The van der Waals surface area contributed by atoms with Gasteiger partial charge in [0.05, 0.1) is 11.4 Å². The molecule has 1 atom stereocenters. The molecule has 1 aromatic heterocycles. The first-order chi connectivity index (χ1) is 13.1. The normalized spacial score (nSPS) is 17.0. The molecule has 7 nitrogen and oxygen atoms in total. The van der Waals surface area contributed by atoms with Crippen LogP contribution in [0.1, 0.15) is 39.3 Å². The fraction of sp³-hybridized carbons (Fsp3) is 0.368. The average Bonchev–Trinajstić information content (AvgIpc) is 3.19. The molecule has 3 rings (SSSR count).